The molecule has 1 saturated heterocycles. The first-order chi connectivity index (χ1) is 8.99. The van der Waals surface area contributed by atoms with Gasteiger partial charge in [-0.05, 0) is 32.1 Å². The summed E-state index contributed by atoms with van der Waals surface area (Å²) in [6.45, 7) is 8.42. The molecule has 3 nitrogen and oxygen atoms in total. The highest BCUT2D eigenvalue weighted by atomic mass is 16.6. The van der Waals surface area contributed by atoms with Crippen LogP contribution in [0.1, 0.15) is 46.0 Å². The Kier molecular flexibility index (Phi) is 3.01. The van der Waals surface area contributed by atoms with Crippen LogP contribution in [0.3, 0.4) is 0 Å². The Hall–Kier alpha value is -0.830. The molecule has 0 amide bonds. The number of ether oxygens (including phenoxy) is 1. The van der Waals surface area contributed by atoms with Crippen LogP contribution < -0.4 is 0 Å². The van der Waals surface area contributed by atoms with Crippen LogP contribution in [0.25, 0.3) is 0 Å². The standard InChI is InChI=1S/C16H24O3/c1-4-10-11-7-8-16(3)12(17)6-5-9(2)13(16)14(11)19-15(10)18/h10-14,17H,2,4-8H2,1,3H3/t10-,11-,12+,13?,14-,16-/m0/s1. The van der Waals surface area contributed by atoms with Crippen LogP contribution in [0.2, 0.25) is 0 Å². The summed E-state index contributed by atoms with van der Waals surface area (Å²) in [6.07, 6.45) is 4.16. The molecule has 0 spiro atoms. The second-order valence-corrected chi connectivity index (χ2v) is 6.81. The molecule has 3 heteroatoms. The summed E-state index contributed by atoms with van der Waals surface area (Å²) in [5.74, 6) is 0.504. The van der Waals surface area contributed by atoms with Gasteiger partial charge in [0.1, 0.15) is 6.10 Å². The number of carbonyl (C=O) groups is 1. The van der Waals surface area contributed by atoms with Gasteiger partial charge in [-0.3, -0.25) is 4.79 Å². The predicted octanol–water partition coefficient (Wildman–Crippen LogP) is 2.68. The van der Waals surface area contributed by atoms with Gasteiger partial charge in [0, 0.05) is 17.3 Å². The van der Waals surface area contributed by atoms with Crippen molar-refractivity contribution in [1.82, 2.24) is 0 Å². The van der Waals surface area contributed by atoms with Crippen LogP contribution in [0.15, 0.2) is 12.2 Å². The van der Waals surface area contributed by atoms with E-state index in [0.717, 1.165) is 32.1 Å². The van der Waals surface area contributed by atoms with Gasteiger partial charge in [0.05, 0.1) is 12.0 Å². The third-order valence-electron chi connectivity index (χ3n) is 5.93. The van der Waals surface area contributed by atoms with E-state index in [1.165, 1.54) is 5.57 Å². The molecule has 2 aliphatic carbocycles. The van der Waals surface area contributed by atoms with Crippen LogP contribution in [0, 0.1) is 23.2 Å². The van der Waals surface area contributed by atoms with Crippen molar-refractivity contribution in [3.05, 3.63) is 12.2 Å². The van der Waals surface area contributed by atoms with Gasteiger partial charge in [-0.2, -0.15) is 0 Å². The lowest BCUT2D eigenvalue weighted by Crippen LogP contribution is -2.53. The minimum absolute atomic E-state index is 0.0328. The molecule has 0 aromatic carbocycles. The quantitative estimate of drug-likeness (QED) is 0.585. The van der Waals surface area contributed by atoms with Gasteiger partial charge in [0.15, 0.2) is 0 Å². The molecule has 2 saturated carbocycles. The van der Waals surface area contributed by atoms with Gasteiger partial charge in [-0.25, -0.2) is 0 Å². The van der Waals surface area contributed by atoms with Crippen molar-refractivity contribution in [2.24, 2.45) is 23.2 Å². The molecule has 1 heterocycles. The second-order valence-electron chi connectivity index (χ2n) is 6.81. The van der Waals surface area contributed by atoms with Crippen molar-refractivity contribution < 1.29 is 14.6 Å². The third kappa shape index (κ3) is 1.70. The molecule has 1 N–H and O–H groups in total. The zero-order chi connectivity index (χ0) is 13.8. The minimum atomic E-state index is -0.289. The second kappa shape index (κ2) is 4.34. The van der Waals surface area contributed by atoms with Gasteiger partial charge < -0.3 is 9.84 Å². The van der Waals surface area contributed by atoms with Crippen molar-refractivity contribution in [2.45, 2.75) is 58.2 Å². The summed E-state index contributed by atoms with van der Waals surface area (Å²) in [4.78, 5) is 12.0. The zero-order valence-corrected chi connectivity index (χ0v) is 11.9. The Morgan fingerprint density at radius 1 is 1.47 bits per heavy atom. The normalized spacial score (nSPS) is 49.5. The van der Waals surface area contributed by atoms with E-state index in [1.54, 1.807) is 0 Å². The summed E-state index contributed by atoms with van der Waals surface area (Å²) >= 11 is 0. The number of rotatable bonds is 1. The van der Waals surface area contributed by atoms with E-state index in [9.17, 15) is 9.90 Å². The lowest BCUT2D eigenvalue weighted by atomic mass is 9.53. The van der Waals surface area contributed by atoms with Crippen molar-refractivity contribution in [2.75, 3.05) is 0 Å². The van der Waals surface area contributed by atoms with Crippen LogP contribution >= 0.6 is 0 Å². The van der Waals surface area contributed by atoms with Crippen LogP contribution in [0.4, 0.5) is 0 Å². The molecular formula is C16H24O3. The molecule has 3 aliphatic rings. The highest BCUT2D eigenvalue weighted by molar-refractivity contribution is 5.75. The van der Waals surface area contributed by atoms with Gasteiger partial charge in [-0.15, -0.1) is 0 Å². The summed E-state index contributed by atoms with van der Waals surface area (Å²) in [6, 6.07) is 0. The molecule has 19 heavy (non-hydrogen) atoms. The van der Waals surface area contributed by atoms with Gasteiger partial charge >= 0.3 is 5.97 Å². The third-order valence-corrected chi connectivity index (χ3v) is 5.93. The maximum Gasteiger partial charge on any atom is 0.309 e. The molecule has 106 valence electrons. The van der Waals surface area contributed by atoms with Gasteiger partial charge in [0.25, 0.3) is 0 Å². The fourth-order valence-corrected chi connectivity index (χ4v) is 4.75. The fourth-order valence-electron chi connectivity index (χ4n) is 4.75. The van der Waals surface area contributed by atoms with Crippen LogP contribution in [-0.2, 0) is 9.53 Å². The Morgan fingerprint density at radius 3 is 2.89 bits per heavy atom. The van der Waals surface area contributed by atoms with Crippen molar-refractivity contribution in [3.8, 4) is 0 Å². The molecule has 0 radical (unpaired) electrons. The first kappa shape index (κ1) is 13.2. The maximum absolute atomic E-state index is 12.0. The average molecular weight is 264 g/mol. The lowest BCUT2D eigenvalue weighted by molar-refractivity contribution is -0.152. The van der Waals surface area contributed by atoms with E-state index >= 15 is 0 Å². The molecule has 0 aromatic heterocycles. The van der Waals surface area contributed by atoms with E-state index in [-0.39, 0.29) is 35.4 Å². The molecule has 0 bridgehead atoms. The SMILES string of the molecule is C=C1CC[C@@H](O)[C@]2(C)CC[C@H]3[C@H](CC)C(=O)O[C@@H]3C12. The molecule has 6 atom stereocenters. The van der Waals surface area contributed by atoms with E-state index in [1.807, 2.05) is 0 Å². The fraction of sp³-hybridized carbons (Fsp3) is 0.812. The summed E-state index contributed by atoms with van der Waals surface area (Å²) in [5.41, 5.74) is 1.02. The van der Waals surface area contributed by atoms with E-state index < -0.39 is 0 Å². The molecule has 3 fully saturated rings. The molecule has 3 rings (SSSR count). The van der Waals surface area contributed by atoms with Crippen molar-refractivity contribution in [3.63, 3.8) is 0 Å². The monoisotopic (exact) mass is 264 g/mol. The molecule has 0 aromatic rings. The zero-order valence-electron chi connectivity index (χ0n) is 11.9. The Balaban J connectivity index is 1.95. The Morgan fingerprint density at radius 2 is 2.21 bits per heavy atom. The highest BCUT2D eigenvalue weighted by Gasteiger charge is 2.59. The number of hydrogen-bond acceptors (Lipinski definition) is 3. The average Bonchev–Trinajstić information content (AvgIpc) is 2.69. The smallest absolute Gasteiger partial charge is 0.309 e. The highest BCUT2D eigenvalue weighted by Crippen LogP contribution is 2.57. The van der Waals surface area contributed by atoms with Crippen molar-refractivity contribution in [1.29, 1.82) is 0 Å². The van der Waals surface area contributed by atoms with Gasteiger partial charge in [0.2, 0.25) is 0 Å². The number of hydrogen-bond donors (Lipinski definition) is 1. The number of esters is 1. The minimum Gasteiger partial charge on any atom is -0.461 e. The number of aliphatic hydroxyl groups excluding tert-OH is 1. The number of aliphatic hydroxyl groups is 1. The van der Waals surface area contributed by atoms with E-state index in [2.05, 4.69) is 20.4 Å². The number of carbonyl (C=O) groups excluding carboxylic acids is 1. The first-order valence-electron chi connectivity index (χ1n) is 7.55. The first-order valence-corrected chi connectivity index (χ1v) is 7.55. The van der Waals surface area contributed by atoms with Gasteiger partial charge in [-0.1, -0.05) is 26.0 Å². The van der Waals surface area contributed by atoms with E-state index in [4.69, 9.17) is 4.74 Å². The lowest BCUT2D eigenvalue weighted by Gasteiger charge is -2.53. The molecule has 1 unspecified atom stereocenters. The topological polar surface area (TPSA) is 46.5 Å². The summed E-state index contributed by atoms with van der Waals surface area (Å²) < 4.78 is 5.71. The summed E-state index contributed by atoms with van der Waals surface area (Å²) in [5, 5.41) is 10.4. The van der Waals surface area contributed by atoms with E-state index in [0.29, 0.717) is 5.92 Å². The number of fused-ring (bicyclic) bond motifs is 3. The van der Waals surface area contributed by atoms with Crippen LogP contribution in [-0.4, -0.2) is 23.3 Å². The maximum atomic E-state index is 12.0. The predicted molar refractivity (Wildman–Crippen MR) is 72.4 cm³/mol. The molecule has 1 aliphatic heterocycles. The van der Waals surface area contributed by atoms with Crippen LogP contribution in [0.5, 0.6) is 0 Å². The Labute approximate surface area is 115 Å². The summed E-state index contributed by atoms with van der Waals surface area (Å²) in [7, 11) is 0. The Bertz CT molecular complexity index is 416. The largest absolute Gasteiger partial charge is 0.461 e. The molecular weight excluding hydrogens is 240 g/mol. The van der Waals surface area contributed by atoms with Crippen molar-refractivity contribution >= 4 is 5.97 Å².